The molecule has 0 spiro atoms. The topological polar surface area (TPSA) is 134 Å². The number of anilines is 3. The van der Waals surface area contributed by atoms with Crippen molar-refractivity contribution in [3.05, 3.63) is 48.7 Å². The lowest BCUT2D eigenvalue weighted by Gasteiger charge is -2.10. The van der Waals surface area contributed by atoms with Gasteiger partial charge in [0, 0.05) is 25.7 Å². The Bertz CT molecular complexity index is 1400. The molecule has 4 heterocycles. The average Bonchev–Trinajstić information content (AvgIpc) is 3.47. The normalized spacial score (nSPS) is 11.2. The Morgan fingerprint density at radius 2 is 2.03 bits per heavy atom. The van der Waals surface area contributed by atoms with E-state index in [-0.39, 0.29) is 6.01 Å². The van der Waals surface area contributed by atoms with Crippen molar-refractivity contribution < 1.29 is 9.15 Å². The van der Waals surface area contributed by atoms with E-state index in [1.54, 1.807) is 23.2 Å². The maximum absolute atomic E-state index is 6.23. The molecule has 11 heteroatoms. The number of hydrogen-bond donors (Lipinski definition) is 2. The highest BCUT2D eigenvalue weighted by Gasteiger charge is 2.19. The van der Waals surface area contributed by atoms with E-state index in [1.165, 1.54) is 6.33 Å². The molecule has 0 aliphatic rings. The van der Waals surface area contributed by atoms with E-state index in [2.05, 4.69) is 30.7 Å². The molecule has 0 bridgehead atoms. The average molecular weight is 417 g/mol. The van der Waals surface area contributed by atoms with Crippen LogP contribution in [0.3, 0.4) is 0 Å². The van der Waals surface area contributed by atoms with Crippen LogP contribution < -0.4 is 15.8 Å². The summed E-state index contributed by atoms with van der Waals surface area (Å²) in [6, 6.07) is 9.91. The summed E-state index contributed by atoms with van der Waals surface area (Å²) in [5.74, 6) is 1.44. The van der Waals surface area contributed by atoms with Crippen molar-refractivity contribution in [2.45, 2.75) is 6.92 Å². The number of fused-ring (bicyclic) bond motifs is 1. The standard InChI is InChI=1S/C20H19N9O2/c1-11-25-26-20(31-11)24-15-5-4-12(8-17(15)30-3)13-9-16(14-6-7-28(2)27-14)29-18(13)19(21)22-10-23-29/h4-10H,1-3H3,(H,24,26)(H2,21,22,23). The number of nitrogens with one attached hydrogen (secondary N) is 1. The van der Waals surface area contributed by atoms with Crippen molar-refractivity contribution in [2.75, 3.05) is 18.2 Å². The van der Waals surface area contributed by atoms with Gasteiger partial charge in [0.25, 0.3) is 0 Å². The fraction of sp³-hybridized carbons (Fsp3) is 0.150. The molecule has 0 aliphatic heterocycles. The number of ether oxygens (including phenoxy) is 1. The van der Waals surface area contributed by atoms with Gasteiger partial charge in [-0.2, -0.15) is 10.2 Å². The second-order valence-corrected chi connectivity index (χ2v) is 6.89. The molecule has 5 rings (SSSR count). The number of nitrogens with two attached hydrogens (primary N) is 1. The zero-order valence-electron chi connectivity index (χ0n) is 17.1. The number of benzene rings is 1. The molecule has 1 aromatic carbocycles. The molecule has 0 atom stereocenters. The minimum absolute atomic E-state index is 0.285. The molecule has 0 amide bonds. The maximum Gasteiger partial charge on any atom is 0.320 e. The molecule has 0 saturated carbocycles. The van der Waals surface area contributed by atoms with Crippen molar-refractivity contribution in [1.29, 1.82) is 0 Å². The second-order valence-electron chi connectivity index (χ2n) is 6.89. The lowest BCUT2D eigenvalue weighted by Crippen LogP contribution is -2.01. The quantitative estimate of drug-likeness (QED) is 0.442. The number of nitrogens with zero attached hydrogens (tertiary/aromatic N) is 7. The molecule has 0 fully saturated rings. The van der Waals surface area contributed by atoms with Crippen LogP contribution in [-0.2, 0) is 7.05 Å². The Morgan fingerprint density at radius 1 is 1.16 bits per heavy atom. The first-order valence-electron chi connectivity index (χ1n) is 9.41. The third kappa shape index (κ3) is 3.21. The molecule has 11 nitrogen and oxygen atoms in total. The van der Waals surface area contributed by atoms with Gasteiger partial charge in [-0.1, -0.05) is 11.2 Å². The van der Waals surface area contributed by atoms with E-state index in [1.807, 2.05) is 43.6 Å². The highest BCUT2D eigenvalue weighted by molar-refractivity contribution is 5.92. The third-order valence-corrected chi connectivity index (χ3v) is 4.84. The number of hydrogen-bond acceptors (Lipinski definition) is 9. The van der Waals surface area contributed by atoms with Gasteiger partial charge in [-0.3, -0.25) is 4.68 Å². The predicted octanol–water partition coefficient (Wildman–Crippen LogP) is 2.82. The van der Waals surface area contributed by atoms with E-state index in [4.69, 9.17) is 14.9 Å². The number of aromatic nitrogens is 7. The molecule has 156 valence electrons. The van der Waals surface area contributed by atoms with E-state index in [9.17, 15) is 0 Å². The first-order valence-corrected chi connectivity index (χ1v) is 9.41. The van der Waals surface area contributed by atoms with Crippen LogP contribution in [0.5, 0.6) is 5.75 Å². The summed E-state index contributed by atoms with van der Waals surface area (Å²) in [7, 11) is 3.46. The van der Waals surface area contributed by atoms with Crippen LogP contribution in [0.25, 0.3) is 28.0 Å². The van der Waals surface area contributed by atoms with Crippen LogP contribution in [-0.4, -0.2) is 41.7 Å². The summed E-state index contributed by atoms with van der Waals surface area (Å²) < 4.78 is 14.5. The zero-order valence-corrected chi connectivity index (χ0v) is 17.1. The lowest BCUT2D eigenvalue weighted by molar-refractivity contribution is 0.416. The predicted molar refractivity (Wildman–Crippen MR) is 114 cm³/mol. The Balaban J connectivity index is 1.63. The zero-order chi connectivity index (χ0) is 21.5. The number of aryl methyl sites for hydroxylation is 2. The van der Waals surface area contributed by atoms with Crippen molar-refractivity contribution in [2.24, 2.45) is 7.05 Å². The molecular formula is C20H19N9O2. The smallest absolute Gasteiger partial charge is 0.320 e. The fourth-order valence-corrected chi connectivity index (χ4v) is 3.45. The van der Waals surface area contributed by atoms with Crippen LogP contribution in [0, 0.1) is 6.92 Å². The lowest BCUT2D eigenvalue weighted by atomic mass is 10.1. The monoisotopic (exact) mass is 417 g/mol. The Labute approximate surface area is 176 Å². The van der Waals surface area contributed by atoms with Crippen molar-refractivity contribution in [3.8, 4) is 28.3 Å². The second kappa shape index (κ2) is 7.13. The van der Waals surface area contributed by atoms with Gasteiger partial charge in [0.2, 0.25) is 5.89 Å². The van der Waals surface area contributed by atoms with Gasteiger partial charge < -0.3 is 20.2 Å². The van der Waals surface area contributed by atoms with Gasteiger partial charge >= 0.3 is 6.01 Å². The van der Waals surface area contributed by atoms with Crippen LogP contribution >= 0.6 is 0 Å². The maximum atomic E-state index is 6.23. The van der Waals surface area contributed by atoms with Crippen molar-refractivity contribution in [3.63, 3.8) is 0 Å². The van der Waals surface area contributed by atoms with Gasteiger partial charge in [0.1, 0.15) is 23.3 Å². The van der Waals surface area contributed by atoms with E-state index in [0.717, 1.165) is 22.5 Å². The Hall–Kier alpha value is -4.41. The molecular weight excluding hydrogens is 398 g/mol. The first kappa shape index (κ1) is 18.6. The number of methoxy groups -OCH3 is 1. The summed E-state index contributed by atoms with van der Waals surface area (Å²) in [6.45, 7) is 1.72. The van der Waals surface area contributed by atoms with E-state index in [0.29, 0.717) is 28.7 Å². The Morgan fingerprint density at radius 3 is 2.74 bits per heavy atom. The molecule has 3 N–H and O–H groups in total. The Kier molecular flexibility index (Phi) is 4.28. The molecule has 0 aliphatic carbocycles. The van der Waals surface area contributed by atoms with Gasteiger partial charge in [-0.15, -0.1) is 5.10 Å². The summed E-state index contributed by atoms with van der Waals surface area (Å²) in [6.07, 6.45) is 3.31. The molecule has 31 heavy (non-hydrogen) atoms. The van der Waals surface area contributed by atoms with Crippen LogP contribution in [0.15, 0.2) is 47.3 Å². The van der Waals surface area contributed by atoms with Gasteiger partial charge in [0.05, 0.1) is 18.5 Å². The summed E-state index contributed by atoms with van der Waals surface area (Å²) >= 11 is 0. The molecule has 5 aromatic rings. The molecule has 4 aromatic heterocycles. The molecule has 0 radical (unpaired) electrons. The SMILES string of the molecule is COc1cc(-c2cc(-c3ccn(C)n3)n3ncnc(N)c23)ccc1Nc1nnc(C)o1. The van der Waals surface area contributed by atoms with Crippen molar-refractivity contribution in [1.82, 2.24) is 34.6 Å². The minimum atomic E-state index is 0.285. The van der Waals surface area contributed by atoms with Gasteiger partial charge in [-0.25, -0.2) is 9.50 Å². The summed E-state index contributed by atoms with van der Waals surface area (Å²) in [4.78, 5) is 4.17. The number of rotatable bonds is 5. The highest BCUT2D eigenvalue weighted by atomic mass is 16.5. The summed E-state index contributed by atoms with van der Waals surface area (Å²) in [5.41, 5.74) is 10.9. The highest BCUT2D eigenvalue weighted by Crippen LogP contribution is 2.38. The van der Waals surface area contributed by atoms with Crippen molar-refractivity contribution >= 4 is 23.0 Å². The third-order valence-electron chi connectivity index (χ3n) is 4.84. The van der Waals surface area contributed by atoms with E-state index >= 15 is 0 Å². The molecule has 0 unspecified atom stereocenters. The van der Waals surface area contributed by atoms with Crippen LogP contribution in [0.1, 0.15) is 5.89 Å². The van der Waals surface area contributed by atoms with Crippen LogP contribution in [0.4, 0.5) is 17.5 Å². The van der Waals surface area contributed by atoms with Gasteiger partial charge in [-0.05, 0) is 29.8 Å². The van der Waals surface area contributed by atoms with Crippen LogP contribution in [0.2, 0.25) is 0 Å². The van der Waals surface area contributed by atoms with Gasteiger partial charge in [0.15, 0.2) is 5.82 Å². The summed E-state index contributed by atoms with van der Waals surface area (Å²) in [5, 5.41) is 19.8. The van der Waals surface area contributed by atoms with E-state index < -0.39 is 0 Å². The fourth-order valence-electron chi connectivity index (χ4n) is 3.45. The molecule has 0 saturated heterocycles. The minimum Gasteiger partial charge on any atom is -0.495 e. The first-order chi connectivity index (χ1) is 15.0. The number of nitrogen functional groups attached to an aromatic ring is 1. The largest absolute Gasteiger partial charge is 0.495 e.